The first-order valence-electron chi connectivity index (χ1n) is 14.0. The number of rotatable bonds is 11. The van der Waals surface area contributed by atoms with E-state index in [9.17, 15) is 9.59 Å². The normalized spacial score (nSPS) is 14.2. The summed E-state index contributed by atoms with van der Waals surface area (Å²) in [4.78, 5) is 31.8. The van der Waals surface area contributed by atoms with Crippen molar-refractivity contribution in [1.82, 2.24) is 4.57 Å². The smallest absolute Gasteiger partial charge is 0.337 e. The molecule has 234 valence electrons. The van der Waals surface area contributed by atoms with Gasteiger partial charge in [-0.1, -0.05) is 61.4 Å². The summed E-state index contributed by atoms with van der Waals surface area (Å²) in [5, 5.41) is 0. The van der Waals surface area contributed by atoms with E-state index in [4.69, 9.17) is 23.7 Å². The second-order valence-corrected chi connectivity index (χ2v) is 12.5. The van der Waals surface area contributed by atoms with E-state index in [1.807, 2.05) is 50.2 Å². The fourth-order valence-electron chi connectivity index (χ4n) is 4.80. The number of benzene rings is 3. The van der Waals surface area contributed by atoms with Crippen LogP contribution in [0.25, 0.3) is 6.08 Å². The monoisotopic (exact) mass is 756 g/mol. The van der Waals surface area contributed by atoms with Crippen LogP contribution in [0.4, 0.5) is 0 Å². The van der Waals surface area contributed by atoms with Crippen LogP contribution in [0.3, 0.4) is 0 Å². The molecule has 0 spiro atoms. The minimum Gasteiger partial charge on any atom is -0.493 e. The molecule has 0 unspecified atom stereocenters. The Hall–Kier alpha value is -3.87. The number of fused-ring (bicyclic) bond motifs is 1. The van der Waals surface area contributed by atoms with Crippen molar-refractivity contribution < 1.29 is 28.5 Å². The molecule has 4 aromatic rings. The van der Waals surface area contributed by atoms with E-state index in [2.05, 4.69) is 36.9 Å². The zero-order valence-electron chi connectivity index (χ0n) is 25.0. The molecule has 0 aliphatic carbocycles. The highest BCUT2D eigenvalue weighted by molar-refractivity contribution is 9.10. The summed E-state index contributed by atoms with van der Waals surface area (Å²) >= 11 is 8.29. The first-order chi connectivity index (χ1) is 21.8. The van der Waals surface area contributed by atoms with Crippen LogP contribution < -0.4 is 33.8 Å². The maximum atomic E-state index is 14.0. The van der Waals surface area contributed by atoms with Gasteiger partial charge in [0.1, 0.15) is 6.61 Å². The van der Waals surface area contributed by atoms with E-state index in [1.54, 1.807) is 31.4 Å². The van der Waals surface area contributed by atoms with Gasteiger partial charge in [-0.25, -0.2) is 9.79 Å². The summed E-state index contributed by atoms with van der Waals surface area (Å²) in [7, 11) is 2.86. The average molecular weight is 758 g/mol. The van der Waals surface area contributed by atoms with Crippen LogP contribution in [0.15, 0.2) is 85.1 Å². The fourth-order valence-corrected chi connectivity index (χ4v) is 6.47. The van der Waals surface area contributed by atoms with Gasteiger partial charge < -0.3 is 23.7 Å². The molecule has 1 aliphatic rings. The zero-order valence-corrected chi connectivity index (χ0v) is 29.0. The summed E-state index contributed by atoms with van der Waals surface area (Å²) in [6, 6.07) is 16.1. The SMILES string of the molecule is CCOc1ccc([C@H]2C(C(=O)OC)=CN=c3s/c(=C\c4cc(OC)c(OCc5ccc(Br)cc5)cc4Br)c(=O)n32)cc1OCC. The van der Waals surface area contributed by atoms with Crippen molar-refractivity contribution in [2.75, 3.05) is 27.4 Å². The first-order valence-corrected chi connectivity index (χ1v) is 16.4. The average Bonchev–Trinajstić information content (AvgIpc) is 3.36. The van der Waals surface area contributed by atoms with Crippen LogP contribution in [0.1, 0.15) is 36.6 Å². The van der Waals surface area contributed by atoms with E-state index >= 15 is 0 Å². The number of ether oxygens (including phenoxy) is 5. The van der Waals surface area contributed by atoms with E-state index in [0.29, 0.717) is 67.8 Å². The van der Waals surface area contributed by atoms with Gasteiger partial charge in [-0.15, -0.1) is 0 Å². The fraction of sp³-hybridized carbons (Fsp3) is 0.242. The van der Waals surface area contributed by atoms with Gasteiger partial charge in [-0.2, -0.15) is 0 Å². The van der Waals surface area contributed by atoms with Gasteiger partial charge in [-0.3, -0.25) is 9.36 Å². The number of methoxy groups -OCH3 is 2. The molecule has 12 heteroatoms. The van der Waals surface area contributed by atoms with Gasteiger partial charge in [0.05, 0.1) is 43.6 Å². The number of carbonyl (C=O) groups excluding carboxylic acids is 1. The highest BCUT2D eigenvalue weighted by Gasteiger charge is 2.31. The molecular formula is C33H30Br2N2O7S. The maximum Gasteiger partial charge on any atom is 0.337 e. The number of aromatic nitrogens is 1. The van der Waals surface area contributed by atoms with Crippen molar-refractivity contribution in [2.24, 2.45) is 4.99 Å². The van der Waals surface area contributed by atoms with E-state index in [1.165, 1.54) is 29.2 Å². The predicted octanol–water partition coefficient (Wildman–Crippen LogP) is 5.93. The number of halogens is 2. The van der Waals surface area contributed by atoms with Crippen LogP contribution in [-0.2, 0) is 16.1 Å². The van der Waals surface area contributed by atoms with Crippen molar-refractivity contribution in [3.8, 4) is 23.0 Å². The van der Waals surface area contributed by atoms with Crippen molar-refractivity contribution in [1.29, 1.82) is 0 Å². The Bertz CT molecular complexity index is 1930. The second-order valence-electron chi connectivity index (χ2n) is 9.69. The minimum atomic E-state index is -0.793. The summed E-state index contributed by atoms with van der Waals surface area (Å²) in [5.74, 6) is 1.56. The third kappa shape index (κ3) is 7.03. The number of carbonyl (C=O) groups is 1. The lowest BCUT2D eigenvalue weighted by Gasteiger charge is -2.23. The highest BCUT2D eigenvalue weighted by Crippen LogP contribution is 2.36. The number of hydrogen-bond acceptors (Lipinski definition) is 9. The van der Waals surface area contributed by atoms with Gasteiger partial charge in [0.25, 0.3) is 5.56 Å². The third-order valence-electron chi connectivity index (χ3n) is 6.89. The molecule has 45 heavy (non-hydrogen) atoms. The van der Waals surface area contributed by atoms with Gasteiger partial charge in [0, 0.05) is 15.1 Å². The zero-order chi connectivity index (χ0) is 32.1. The Morgan fingerprint density at radius 1 is 0.933 bits per heavy atom. The Labute approximate surface area is 280 Å². The Kier molecular flexibility index (Phi) is 10.5. The molecule has 5 rings (SSSR count). The number of esters is 1. The Morgan fingerprint density at radius 2 is 1.64 bits per heavy atom. The summed E-state index contributed by atoms with van der Waals surface area (Å²) in [6.07, 6.45) is 3.22. The molecule has 2 heterocycles. The standard InChI is InChI=1S/C33H30Br2N2O7S/c1-5-42-25-12-9-20(13-27(25)43-6-2)30-23(32(39)41-4)17-36-33-37(30)31(38)29(45-33)15-21-14-26(40-3)28(16-24(21)35)44-18-19-7-10-22(34)11-8-19/h7-17,30H,5-6,18H2,1-4H3/b29-15-/t30-/m0/s1. The topological polar surface area (TPSA) is 97.6 Å². The van der Waals surface area contributed by atoms with Crippen LogP contribution in [0.5, 0.6) is 23.0 Å². The molecular weight excluding hydrogens is 728 g/mol. The minimum absolute atomic E-state index is 0.221. The molecule has 0 saturated heterocycles. The van der Waals surface area contributed by atoms with Crippen molar-refractivity contribution >= 4 is 55.2 Å². The van der Waals surface area contributed by atoms with Crippen LogP contribution in [0, 0.1) is 0 Å². The predicted molar refractivity (Wildman–Crippen MR) is 179 cm³/mol. The van der Waals surface area contributed by atoms with Gasteiger partial charge >= 0.3 is 5.97 Å². The number of nitrogens with zero attached hydrogens (tertiary/aromatic N) is 2. The Morgan fingerprint density at radius 3 is 2.33 bits per heavy atom. The van der Waals surface area contributed by atoms with Crippen molar-refractivity contribution in [2.45, 2.75) is 26.5 Å². The summed E-state index contributed by atoms with van der Waals surface area (Å²) < 4.78 is 31.9. The summed E-state index contributed by atoms with van der Waals surface area (Å²) in [5.41, 5.74) is 2.26. The van der Waals surface area contributed by atoms with Crippen molar-refractivity contribution in [3.63, 3.8) is 0 Å². The maximum absolute atomic E-state index is 14.0. The van der Waals surface area contributed by atoms with Crippen molar-refractivity contribution in [3.05, 3.63) is 112 Å². The quantitative estimate of drug-likeness (QED) is 0.175. The molecule has 0 radical (unpaired) electrons. The van der Waals surface area contributed by atoms with Gasteiger partial charge in [0.15, 0.2) is 27.8 Å². The number of thiazole rings is 1. The van der Waals surface area contributed by atoms with E-state index in [0.717, 1.165) is 10.0 Å². The molecule has 3 aromatic carbocycles. The van der Waals surface area contributed by atoms with E-state index in [-0.39, 0.29) is 11.1 Å². The molecule has 1 aromatic heterocycles. The van der Waals surface area contributed by atoms with Gasteiger partial charge in [0.2, 0.25) is 0 Å². The number of hydrogen-bond donors (Lipinski definition) is 0. The third-order valence-corrected chi connectivity index (χ3v) is 9.10. The molecule has 0 N–H and O–H groups in total. The van der Waals surface area contributed by atoms with Crippen LogP contribution in [0.2, 0.25) is 0 Å². The molecule has 0 amide bonds. The van der Waals surface area contributed by atoms with Crippen LogP contribution in [-0.4, -0.2) is 38.0 Å². The largest absolute Gasteiger partial charge is 0.493 e. The Balaban J connectivity index is 1.56. The van der Waals surface area contributed by atoms with Crippen LogP contribution >= 0.6 is 43.2 Å². The molecule has 0 saturated carbocycles. The van der Waals surface area contributed by atoms with E-state index < -0.39 is 12.0 Å². The molecule has 1 aliphatic heterocycles. The second kappa shape index (κ2) is 14.5. The molecule has 9 nitrogen and oxygen atoms in total. The van der Waals surface area contributed by atoms with Gasteiger partial charge in [-0.05, 0) is 73.0 Å². The lowest BCUT2D eigenvalue weighted by atomic mass is 9.97. The lowest BCUT2D eigenvalue weighted by molar-refractivity contribution is -0.136. The highest BCUT2D eigenvalue weighted by atomic mass is 79.9. The molecule has 1 atom stereocenters. The summed E-state index contributed by atoms with van der Waals surface area (Å²) in [6.45, 7) is 4.99. The molecule has 0 fully saturated rings. The first kappa shape index (κ1) is 32.5. The lowest BCUT2D eigenvalue weighted by Crippen LogP contribution is -2.39. The molecule has 0 bridgehead atoms.